The van der Waals surface area contributed by atoms with E-state index in [0.717, 1.165) is 15.7 Å². The molecule has 20 heavy (non-hydrogen) atoms. The Hall–Kier alpha value is -2.01. The highest BCUT2D eigenvalue weighted by atomic mass is 16.5. The lowest BCUT2D eigenvalue weighted by Crippen LogP contribution is -2.12. The van der Waals surface area contributed by atoms with Gasteiger partial charge in [-0.05, 0) is 39.6 Å². The molecule has 2 rings (SSSR count). The molecular formula is C15H20N2O3. The number of aromatic nitrogens is 1. The Morgan fingerprint density at radius 2 is 2.10 bits per heavy atom. The third-order valence-electron chi connectivity index (χ3n) is 3.25. The molecule has 1 heterocycles. The van der Waals surface area contributed by atoms with Gasteiger partial charge in [0.1, 0.15) is 0 Å². The van der Waals surface area contributed by atoms with Crippen LogP contribution in [0, 0.1) is 6.92 Å². The van der Waals surface area contributed by atoms with Crippen LogP contribution in [0.3, 0.4) is 0 Å². The van der Waals surface area contributed by atoms with Gasteiger partial charge in [-0.1, -0.05) is 12.1 Å². The van der Waals surface area contributed by atoms with Crippen LogP contribution in [0.4, 0.5) is 0 Å². The van der Waals surface area contributed by atoms with E-state index in [-0.39, 0.29) is 0 Å². The highest BCUT2D eigenvalue weighted by molar-refractivity contribution is 6.07. The largest absolute Gasteiger partial charge is 0.462 e. The Bertz CT molecular complexity index is 644. The maximum atomic E-state index is 12.2. The minimum Gasteiger partial charge on any atom is -0.462 e. The number of carbonyl (C=O) groups excluding carboxylic acids is 1. The van der Waals surface area contributed by atoms with Crippen LogP contribution in [0.25, 0.3) is 10.9 Å². The predicted molar refractivity (Wildman–Crippen MR) is 77.2 cm³/mol. The van der Waals surface area contributed by atoms with E-state index in [0.29, 0.717) is 29.9 Å². The maximum absolute atomic E-state index is 12.2. The van der Waals surface area contributed by atoms with E-state index < -0.39 is 5.97 Å². The molecule has 0 bridgehead atoms. The van der Waals surface area contributed by atoms with Gasteiger partial charge in [0.25, 0.3) is 0 Å². The van der Waals surface area contributed by atoms with Gasteiger partial charge in [-0.25, -0.2) is 4.79 Å². The average Bonchev–Trinajstić information content (AvgIpc) is 2.63. The van der Waals surface area contributed by atoms with Crippen LogP contribution in [0.15, 0.2) is 18.2 Å². The van der Waals surface area contributed by atoms with Gasteiger partial charge in [-0.15, -0.1) is 0 Å². The van der Waals surface area contributed by atoms with Crippen molar-refractivity contribution in [2.75, 3.05) is 20.7 Å². The van der Waals surface area contributed by atoms with Gasteiger partial charge in [-0.2, -0.15) is 4.73 Å². The SMILES string of the molecule is CCOC(=O)c1c(C)n(O)c2cccc(CN(C)C)c12. The number of carbonyl (C=O) groups is 1. The molecule has 0 saturated carbocycles. The summed E-state index contributed by atoms with van der Waals surface area (Å²) in [7, 11) is 3.93. The van der Waals surface area contributed by atoms with Gasteiger partial charge in [0.2, 0.25) is 0 Å². The zero-order valence-corrected chi connectivity index (χ0v) is 12.3. The second kappa shape index (κ2) is 5.54. The van der Waals surface area contributed by atoms with Crippen molar-refractivity contribution >= 4 is 16.9 Å². The van der Waals surface area contributed by atoms with Gasteiger partial charge >= 0.3 is 5.97 Å². The van der Waals surface area contributed by atoms with Crippen molar-refractivity contribution < 1.29 is 14.7 Å². The number of rotatable bonds is 4. The molecule has 0 saturated heterocycles. The van der Waals surface area contributed by atoms with E-state index in [4.69, 9.17) is 4.74 Å². The van der Waals surface area contributed by atoms with Crippen molar-refractivity contribution in [2.45, 2.75) is 20.4 Å². The van der Waals surface area contributed by atoms with Crippen molar-refractivity contribution in [1.29, 1.82) is 0 Å². The monoisotopic (exact) mass is 276 g/mol. The fourth-order valence-electron chi connectivity index (χ4n) is 2.44. The second-order valence-electron chi connectivity index (χ2n) is 5.04. The number of nitrogens with zero attached hydrogens (tertiary/aromatic N) is 2. The summed E-state index contributed by atoms with van der Waals surface area (Å²) in [5.41, 5.74) is 2.57. The first kappa shape index (κ1) is 14.4. The second-order valence-corrected chi connectivity index (χ2v) is 5.04. The molecule has 5 heteroatoms. The molecule has 0 amide bonds. The molecule has 0 aliphatic rings. The zero-order valence-electron chi connectivity index (χ0n) is 12.3. The summed E-state index contributed by atoms with van der Waals surface area (Å²) in [6.07, 6.45) is 0. The Morgan fingerprint density at radius 3 is 2.70 bits per heavy atom. The molecule has 0 spiro atoms. The van der Waals surface area contributed by atoms with Crippen molar-refractivity contribution in [2.24, 2.45) is 0 Å². The lowest BCUT2D eigenvalue weighted by atomic mass is 10.0. The molecule has 0 aliphatic carbocycles. The molecule has 5 nitrogen and oxygen atoms in total. The zero-order chi connectivity index (χ0) is 14.9. The topological polar surface area (TPSA) is 54.7 Å². The standard InChI is InChI=1S/C15H20N2O3/c1-5-20-15(18)13-10(2)17(19)12-8-6-7-11(14(12)13)9-16(3)4/h6-8,19H,5,9H2,1-4H3. The van der Waals surface area contributed by atoms with Gasteiger partial charge < -0.3 is 14.8 Å². The van der Waals surface area contributed by atoms with Crippen molar-refractivity contribution in [3.63, 3.8) is 0 Å². The van der Waals surface area contributed by atoms with Crippen LogP contribution in [0.5, 0.6) is 0 Å². The van der Waals surface area contributed by atoms with Crippen LogP contribution >= 0.6 is 0 Å². The molecule has 1 aromatic carbocycles. The normalized spacial score (nSPS) is 11.2. The summed E-state index contributed by atoms with van der Waals surface area (Å²) < 4.78 is 6.17. The molecule has 1 aromatic heterocycles. The number of esters is 1. The quantitative estimate of drug-likeness (QED) is 0.688. The highest BCUT2D eigenvalue weighted by Crippen LogP contribution is 2.29. The summed E-state index contributed by atoms with van der Waals surface area (Å²) in [5, 5.41) is 10.9. The summed E-state index contributed by atoms with van der Waals surface area (Å²) in [6.45, 7) is 4.48. The number of fused-ring (bicyclic) bond motifs is 1. The summed E-state index contributed by atoms with van der Waals surface area (Å²) >= 11 is 0. The Labute approximate surface area is 118 Å². The average molecular weight is 276 g/mol. The first-order valence-corrected chi connectivity index (χ1v) is 6.61. The predicted octanol–water partition coefficient (Wildman–Crippen LogP) is 2.43. The van der Waals surface area contributed by atoms with Crippen LogP contribution in [-0.4, -0.2) is 41.5 Å². The molecule has 0 atom stereocenters. The molecule has 108 valence electrons. The Morgan fingerprint density at radius 1 is 1.40 bits per heavy atom. The minimum absolute atomic E-state index is 0.312. The van der Waals surface area contributed by atoms with Gasteiger partial charge in [0.15, 0.2) is 0 Å². The fraction of sp³-hybridized carbons (Fsp3) is 0.400. The van der Waals surface area contributed by atoms with Crippen LogP contribution in [-0.2, 0) is 11.3 Å². The maximum Gasteiger partial charge on any atom is 0.340 e. The first-order valence-electron chi connectivity index (χ1n) is 6.61. The number of hydrogen-bond donors (Lipinski definition) is 1. The van der Waals surface area contributed by atoms with E-state index in [9.17, 15) is 10.0 Å². The van der Waals surface area contributed by atoms with E-state index in [1.165, 1.54) is 0 Å². The molecule has 0 radical (unpaired) electrons. The minimum atomic E-state index is -0.394. The number of ether oxygens (including phenoxy) is 1. The van der Waals surface area contributed by atoms with Crippen molar-refractivity contribution in [1.82, 2.24) is 9.63 Å². The highest BCUT2D eigenvalue weighted by Gasteiger charge is 2.23. The van der Waals surface area contributed by atoms with Gasteiger partial charge in [0, 0.05) is 11.9 Å². The third kappa shape index (κ3) is 2.36. The summed E-state index contributed by atoms with van der Waals surface area (Å²) in [5.74, 6) is -0.394. The first-order chi connectivity index (χ1) is 9.47. The van der Waals surface area contributed by atoms with Crippen molar-refractivity contribution in [3.05, 3.63) is 35.0 Å². The van der Waals surface area contributed by atoms with Crippen LogP contribution < -0.4 is 0 Å². The fourth-order valence-corrected chi connectivity index (χ4v) is 2.44. The number of hydrogen-bond acceptors (Lipinski definition) is 4. The van der Waals surface area contributed by atoms with Gasteiger partial charge in [-0.3, -0.25) is 0 Å². The van der Waals surface area contributed by atoms with Crippen LogP contribution in [0.2, 0.25) is 0 Å². The molecule has 0 fully saturated rings. The summed E-state index contributed by atoms with van der Waals surface area (Å²) in [4.78, 5) is 14.2. The van der Waals surface area contributed by atoms with E-state index in [1.54, 1.807) is 19.9 Å². The van der Waals surface area contributed by atoms with E-state index >= 15 is 0 Å². The third-order valence-corrected chi connectivity index (χ3v) is 3.25. The molecular weight excluding hydrogens is 256 g/mol. The molecule has 0 unspecified atom stereocenters. The lowest BCUT2D eigenvalue weighted by molar-refractivity contribution is 0.0524. The van der Waals surface area contributed by atoms with Crippen molar-refractivity contribution in [3.8, 4) is 0 Å². The molecule has 1 N–H and O–H groups in total. The van der Waals surface area contributed by atoms with Gasteiger partial charge in [0.05, 0.1) is 23.4 Å². The van der Waals surface area contributed by atoms with E-state index in [1.807, 2.05) is 31.1 Å². The Balaban J connectivity index is 2.71. The number of benzene rings is 1. The smallest absolute Gasteiger partial charge is 0.340 e. The lowest BCUT2D eigenvalue weighted by Gasteiger charge is -2.11. The van der Waals surface area contributed by atoms with E-state index in [2.05, 4.69) is 0 Å². The molecule has 0 aliphatic heterocycles. The van der Waals surface area contributed by atoms with Crippen LogP contribution in [0.1, 0.15) is 28.5 Å². The molecule has 2 aromatic rings. The Kier molecular flexibility index (Phi) is 3.99. The summed E-state index contributed by atoms with van der Waals surface area (Å²) in [6, 6.07) is 5.64.